The molecule has 1 aromatic rings. The van der Waals surface area contributed by atoms with Gasteiger partial charge in [-0.25, -0.2) is 0 Å². The monoisotopic (exact) mass is 173 g/mol. The van der Waals surface area contributed by atoms with Crippen molar-refractivity contribution in [3.63, 3.8) is 0 Å². The summed E-state index contributed by atoms with van der Waals surface area (Å²) in [6.07, 6.45) is 4.81. The average Bonchev–Trinajstić information content (AvgIpc) is 2.19. The van der Waals surface area contributed by atoms with Crippen molar-refractivity contribution in [2.45, 2.75) is 19.9 Å². The highest BCUT2D eigenvalue weighted by molar-refractivity contribution is 5.57. The zero-order valence-electron chi connectivity index (χ0n) is 8.03. The fourth-order valence-electron chi connectivity index (χ4n) is 1.17. The largest absolute Gasteiger partial charge is 0.293 e. The first-order valence-corrected chi connectivity index (χ1v) is 4.57. The van der Waals surface area contributed by atoms with Gasteiger partial charge < -0.3 is 0 Å². The molecule has 0 aromatic heterocycles. The molecule has 1 heteroatoms. The maximum absolute atomic E-state index is 4.30. The Labute approximate surface area is 79.8 Å². The smallest absolute Gasteiger partial charge is 0.0641 e. The third-order valence-corrected chi connectivity index (χ3v) is 1.85. The number of hydrogen-bond acceptors (Lipinski definition) is 1. The molecular weight excluding hydrogens is 158 g/mol. The van der Waals surface area contributed by atoms with Gasteiger partial charge in [0.1, 0.15) is 0 Å². The van der Waals surface area contributed by atoms with Gasteiger partial charge in [-0.3, -0.25) is 4.99 Å². The Bertz CT molecular complexity index is 300. The van der Waals surface area contributed by atoms with E-state index in [0.717, 1.165) is 13.0 Å². The molecule has 1 nitrogen and oxygen atoms in total. The van der Waals surface area contributed by atoms with Crippen LogP contribution in [0.4, 0.5) is 0 Å². The number of rotatable bonds is 4. The van der Waals surface area contributed by atoms with Gasteiger partial charge in [0.25, 0.3) is 0 Å². The Hall–Kier alpha value is -1.37. The summed E-state index contributed by atoms with van der Waals surface area (Å²) < 4.78 is 0. The topological polar surface area (TPSA) is 12.4 Å². The van der Waals surface area contributed by atoms with Crippen molar-refractivity contribution in [2.24, 2.45) is 4.99 Å². The second-order valence-electron chi connectivity index (χ2n) is 2.83. The van der Waals surface area contributed by atoms with E-state index in [-0.39, 0.29) is 0 Å². The fourth-order valence-corrected chi connectivity index (χ4v) is 1.17. The van der Waals surface area contributed by atoms with Crippen LogP contribution in [0.5, 0.6) is 0 Å². The van der Waals surface area contributed by atoms with Crippen LogP contribution in [0, 0.1) is 0 Å². The van der Waals surface area contributed by atoms with Crippen LogP contribution in [-0.2, 0) is 6.54 Å². The van der Waals surface area contributed by atoms with E-state index in [2.05, 4.69) is 30.6 Å². The number of nitrogens with zero attached hydrogens (tertiary/aromatic N) is 1. The van der Waals surface area contributed by atoms with Crippen LogP contribution >= 0.6 is 0 Å². The van der Waals surface area contributed by atoms with Gasteiger partial charge in [-0.1, -0.05) is 43.8 Å². The summed E-state index contributed by atoms with van der Waals surface area (Å²) in [6, 6.07) is 8.20. The zero-order chi connectivity index (χ0) is 9.52. The maximum Gasteiger partial charge on any atom is 0.0641 e. The Balaban J connectivity index is 2.75. The highest BCUT2D eigenvalue weighted by Gasteiger charge is 1.94. The van der Waals surface area contributed by atoms with Gasteiger partial charge in [0.15, 0.2) is 0 Å². The fraction of sp³-hybridized carbons (Fsp3) is 0.250. The van der Waals surface area contributed by atoms with Crippen LogP contribution < -0.4 is 0 Å². The van der Waals surface area contributed by atoms with Crippen LogP contribution in [-0.4, -0.2) is 6.21 Å². The zero-order valence-corrected chi connectivity index (χ0v) is 8.03. The van der Waals surface area contributed by atoms with E-state index in [1.54, 1.807) is 0 Å². The SMILES string of the molecule is C=Cc1ccccc1CN=CCC. The van der Waals surface area contributed by atoms with E-state index in [1.807, 2.05) is 24.4 Å². The lowest BCUT2D eigenvalue weighted by Gasteiger charge is -2.01. The van der Waals surface area contributed by atoms with E-state index in [1.165, 1.54) is 11.1 Å². The quantitative estimate of drug-likeness (QED) is 0.619. The van der Waals surface area contributed by atoms with Gasteiger partial charge in [-0.2, -0.15) is 0 Å². The minimum atomic E-state index is 0.760. The predicted octanol–water partition coefficient (Wildman–Crippen LogP) is 3.31. The molecule has 13 heavy (non-hydrogen) atoms. The van der Waals surface area contributed by atoms with Gasteiger partial charge in [0, 0.05) is 0 Å². The van der Waals surface area contributed by atoms with E-state index in [9.17, 15) is 0 Å². The first-order valence-electron chi connectivity index (χ1n) is 4.57. The molecule has 0 spiro atoms. The molecule has 1 aromatic carbocycles. The molecular formula is C12H15N. The van der Waals surface area contributed by atoms with Gasteiger partial charge in [0.05, 0.1) is 6.54 Å². The summed E-state index contributed by atoms with van der Waals surface area (Å²) in [5.74, 6) is 0. The molecule has 0 fully saturated rings. The van der Waals surface area contributed by atoms with Gasteiger partial charge in [0.2, 0.25) is 0 Å². The second-order valence-corrected chi connectivity index (χ2v) is 2.83. The van der Waals surface area contributed by atoms with Crippen molar-refractivity contribution >= 4 is 12.3 Å². The van der Waals surface area contributed by atoms with Crippen molar-refractivity contribution in [2.75, 3.05) is 0 Å². The standard InChI is InChI=1S/C12H15N/c1-3-9-13-10-12-8-6-5-7-11(12)4-2/h4-9H,2-3,10H2,1H3. The predicted molar refractivity (Wildman–Crippen MR) is 59.0 cm³/mol. The van der Waals surface area contributed by atoms with Crippen molar-refractivity contribution in [1.29, 1.82) is 0 Å². The number of aliphatic imine (C=N–C) groups is 1. The maximum atomic E-state index is 4.30. The molecule has 0 aliphatic carbocycles. The first-order chi connectivity index (χ1) is 6.38. The van der Waals surface area contributed by atoms with E-state index in [4.69, 9.17) is 0 Å². The molecule has 0 atom stereocenters. The number of benzene rings is 1. The Morgan fingerprint density at radius 1 is 1.38 bits per heavy atom. The van der Waals surface area contributed by atoms with Crippen LogP contribution in [0.2, 0.25) is 0 Å². The molecule has 0 saturated heterocycles. The molecule has 0 saturated carbocycles. The molecule has 0 bridgehead atoms. The summed E-state index contributed by atoms with van der Waals surface area (Å²) >= 11 is 0. The van der Waals surface area contributed by atoms with Crippen LogP contribution in [0.3, 0.4) is 0 Å². The Morgan fingerprint density at radius 3 is 2.85 bits per heavy atom. The molecule has 0 aliphatic rings. The molecule has 0 N–H and O–H groups in total. The molecule has 0 aliphatic heterocycles. The molecule has 68 valence electrons. The van der Waals surface area contributed by atoms with Crippen LogP contribution in [0.25, 0.3) is 6.08 Å². The minimum Gasteiger partial charge on any atom is -0.293 e. The molecule has 0 radical (unpaired) electrons. The average molecular weight is 173 g/mol. The minimum absolute atomic E-state index is 0.760. The molecule has 0 heterocycles. The van der Waals surface area contributed by atoms with E-state index < -0.39 is 0 Å². The van der Waals surface area contributed by atoms with Gasteiger partial charge >= 0.3 is 0 Å². The molecule has 1 rings (SSSR count). The second kappa shape index (κ2) is 5.31. The summed E-state index contributed by atoms with van der Waals surface area (Å²) in [5, 5.41) is 0. The highest BCUT2D eigenvalue weighted by atomic mass is 14.7. The van der Waals surface area contributed by atoms with Crippen molar-refractivity contribution in [3.8, 4) is 0 Å². The Kier molecular flexibility index (Phi) is 3.97. The number of hydrogen-bond donors (Lipinski definition) is 0. The van der Waals surface area contributed by atoms with E-state index >= 15 is 0 Å². The summed E-state index contributed by atoms with van der Waals surface area (Å²) in [5.41, 5.74) is 2.41. The molecule has 0 unspecified atom stereocenters. The first kappa shape index (κ1) is 9.72. The van der Waals surface area contributed by atoms with Crippen molar-refractivity contribution in [1.82, 2.24) is 0 Å². The third kappa shape index (κ3) is 2.86. The van der Waals surface area contributed by atoms with Gasteiger partial charge in [-0.15, -0.1) is 0 Å². The van der Waals surface area contributed by atoms with Crippen LogP contribution in [0.1, 0.15) is 24.5 Å². The van der Waals surface area contributed by atoms with Crippen molar-refractivity contribution < 1.29 is 0 Å². The normalized spacial score (nSPS) is 10.5. The summed E-state index contributed by atoms with van der Waals surface area (Å²) in [6.45, 7) is 6.61. The summed E-state index contributed by atoms with van der Waals surface area (Å²) in [4.78, 5) is 4.30. The van der Waals surface area contributed by atoms with Gasteiger partial charge in [-0.05, 0) is 23.8 Å². The summed E-state index contributed by atoms with van der Waals surface area (Å²) in [7, 11) is 0. The third-order valence-electron chi connectivity index (χ3n) is 1.85. The Morgan fingerprint density at radius 2 is 2.15 bits per heavy atom. The highest BCUT2D eigenvalue weighted by Crippen LogP contribution is 2.10. The molecule has 0 amide bonds. The lowest BCUT2D eigenvalue weighted by atomic mass is 10.1. The lowest BCUT2D eigenvalue weighted by Crippen LogP contribution is -1.86. The van der Waals surface area contributed by atoms with E-state index in [0.29, 0.717) is 0 Å². The lowest BCUT2D eigenvalue weighted by molar-refractivity contribution is 1.06. The van der Waals surface area contributed by atoms with Crippen LogP contribution in [0.15, 0.2) is 35.8 Å². The van der Waals surface area contributed by atoms with Crippen molar-refractivity contribution in [3.05, 3.63) is 42.0 Å².